The van der Waals surface area contributed by atoms with Gasteiger partial charge in [0.1, 0.15) is 5.78 Å². The fraction of sp³-hybridized carbons (Fsp3) is 0.750. The molecule has 3 nitrogen and oxygen atoms in total. The molecule has 12 heavy (non-hydrogen) atoms. The summed E-state index contributed by atoms with van der Waals surface area (Å²) in [4.78, 5) is 21.7. The minimum Gasteiger partial charge on any atom is -0.354 e. The second-order valence-electron chi connectivity index (χ2n) is 3.11. The molecule has 1 aliphatic carbocycles. The third-order valence-corrected chi connectivity index (χ3v) is 2.87. The second-order valence-corrected chi connectivity index (χ2v) is 4.21. The van der Waals surface area contributed by atoms with Crippen LogP contribution in [-0.2, 0) is 9.59 Å². The molecule has 0 unspecified atom stereocenters. The summed E-state index contributed by atoms with van der Waals surface area (Å²) in [5.74, 6) is 0.227. The molecular weight excluding hydrogens is 222 g/mol. The summed E-state index contributed by atoms with van der Waals surface area (Å²) >= 11 is 3.28. The lowest BCUT2D eigenvalue weighted by atomic mass is 9.94. The van der Waals surface area contributed by atoms with Gasteiger partial charge in [0.2, 0.25) is 5.91 Å². The minimum absolute atomic E-state index is 0.0194. The van der Waals surface area contributed by atoms with Gasteiger partial charge in [-0.15, -0.1) is 0 Å². The topological polar surface area (TPSA) is 46.2 Å². The molecular formula is C8H12BrNO2. The Balaban J connectivity index is 2.40. The minimum atomic E-state index is -0.0666. The molecule has 0 aromatic carbocycles. The van der Waals surface area contributed by atoms with Crippen molar-refractivity contribution in [2.45, 2.75) is 37.1 Å². The maximum atomic E-state index is 11.1. The molecule has 0 bridgehead atoms. The first-order chi connectivity index (χ1) is 5.59. The van der Waals surface area contributed by atoms with Crippen molar-refractivity contribution < 1.29 is 9.59 Å². The van der Waals surface area contributed by atoms with E-state index in [0.717, 1.165) is 12.8 Å². The van der Waals surface area contributed by atoms with Gasteiger partial charge in [-0.3, -0.25) is 9.59 Å². The molecule has 1 fully saturated rings. The number of ketones is 1. The Morgan fingerprint density at radius 1 is 1.67 bits per heavy atom. The van der Waals surface area contributed by atoms with Gasteiger partial charge < -0.3 is 5.32 Å². The van der Waals surface area contributed by atoms with E-state index in [2.05, 4.69) is 21.2 Å². The highest BCUT2D eigenvalue weighted by Gasteiger charge is 2.26. The number of halogens is 1. The number of carbonyl (C=O) groups is 2. The van der Waals surface area contributed by atoms with Crippen molar-refractivity contribution >= 4 is 27.6 Å². The highest BCUT2D eigenvalue weighted by molar-refractivity contribution is 9.10. The fourth-order valence-corrected chi connectivity index (χ4v) is 2.07. The average molecular weight is 234 g/mol. The third-order valence-electron chi connectivity index (χ3n) is 1.99. The Bertz CT molecular complexity index is 205. The van der Waals surface area contributed by atoms with E-state index < -0.39 is 0 Å². The van der Waals surface area contributed by atoms with Crippen LogP contribution in [0.4, 0.5) is 0 Å². The molecule has 0 heterocycles. The van der Waals surface area contributed by atoms with Crippen molar-refractivity contribution in [2.75, 3.05) is 0 Å². The van der Waals surface area contributed by atoms with E-state index in [9.17, 15) is 9.59 Å². The van der Waals surface area contributed by atoms with Crippen LogP contribution < -0.4 is 5.32 Å². The van der Waals surface area contributed by atoms with E-state index in [1.54, 1.807) is 0 Å². The first-order valence-electron chi connectivity index (χ1n) is 4.03. The second kappa shape index (κ2) is 4.03. The van der Waals surface area contributed by atoms with Crippen molar-refractivity contribution in [3.8, 4) is 0 Å². The molecule has 0 aliphatic heterocycles. The van der Waals surface area contributed by atoms with Gasteiger partial charge in [-0.25, -0.2) is 0 Å². The molecule has 0 radical (unpaired) electrons. The highest BCUT2D eigenvalue weighted by Crippen LogP contribution is 2.21. The maximum absolute atomic E-state index is 11.1. The Kier molecular flexibility index (Phi) is 3.26. The van der Waals surface area contributed by atoms with E-state index in [1.807, 2.05) is 0 Å². The summed E-state index contributed by atoms with van der Waals surface area (Å²) in [5, 5.41) is 2.81. The molecule has 1 N–H and O–H groups in total. The average Bonchev–Trinajstić information content (AvgIpc) is 1.96. The summed E-state index contributed by atoms with van der Waals surface area (Å²) < 4.78 is 0. The van der Waals surface area contributed by atoms with Gasteiger partial charge >= 0.3 is 0 Å². The van der Waals surface area contributed by atoms with Crippen LogP contribution in [0.15, 0.2) is 0 Å². The number of nitrogens with one attached hydrogen (secondary N) is 1. The number of hydrogen-bond donors (Lipinski definition) is 1. The van der Waals surface area contributed by atoms with E-state index in [4.69, 9.17) is 0 Å². The maximum Gasteiger partial charge on any atom is 0.217 e. The van der Waals surface area contributed by atoms with Gasteiger partial charge in [0.25, 0.3) is 0 Å². The predicted octanol–water partition coefficient (Wildman–Crippen LogP) is 1.01. The molecule has 1 amide bonds. The van der Waals surface area contributed by atoms with E-state index >= 15 is 0 Å². The summed E-state index contributed by atoms with van der Waals surface area (Å²) in [6.45, 7) is 1.50. The van der Waals surface area contributed by atoms with Crippen LogP contribution in [0, 0.1) is 0 Å². The first-order valence-corrected chi connectivity index (χ1v) is 4.95. The van der Waals surface area contributed by atoms with Gasteiger partial charge in [0.15, 0.2) is 0 Å². The van der Waals surface area contributed by atoms with Crippen LogP contribution in [0.1, 0.15) is 26.2 Å². The zero-order valence-corrected chi connectivity index (χ0v) is 8.56. The third kappa shape index (κ3) is 2.59. The van der Waals surface area contributed by atoms with Gasteiger partial charge in [-0.05, 0) is 12.8 Å². The van der Waals surface area contributed by atoms with Crippen LogP contribution in [0.2, 0.25) is 0 Å². The van der Waals surface area contributed by atoms with Crippen LogP contribution >= 0.6 is 15.9 Å². The zero-order valence-electron chi connectivity index (χ0n) is 6.97. The number of Topliss-reactive ketones (excluding diaryl/α,β-unsaturated/α-hetero) is 1. The van der Waals surface area contributed by atoms with Crippen molar-refractivity contribution in [1.29, 1.82) is 0 Å². The lowest BCUT2D eigenvalue weighted by Gasteiger charge is -2.24. The van der Waals surface area contributed by atoms with Crippen LogP contribution in [0.5, 0.6) is 0 Å². The molecule has 0 aromatic heterocycles. The number of alkyl halides is 1. The van der Waals surface area contributed by atoms with Crippen molar-refractivity contribution in [1.82, 2.24) is 5.32 Å². The first kappa shape index (κ1) is 9.71. The summed E-state index contributed by atoms with van der Waals surface area (Å²) in [6, 6.07) is 0.171. The quantitative estimate of drug-likeness (QED) is 0.688. The molecule has 68 valence electrons. The van der Waals surface area contributed by atoms with E-state index in [1.165, 1.54) is 6.92 Å². The van der Waals surface area contributed by atoms with Gasteiger partial charge in [0.05, 0.1) is 4.83 Å². The lowest BCUT2D eigenvalue weighted by Crippen LogP contribution is -2.40. The van der Waals surface area contributed by atoms with Gasteiger partial charge in [-0.1, -0.05) is 15.9 Å². The van der Waals surface area contributed by atoms with E-state index in [-0.39, 0.29) is 22.6 Å². The van der Waals surface area contributed by atoms with Crippen molar-refractivity contribution in [3.63, 3.8) is 0 Å². The number of rotatable bonds is 1. The molecule has 1 aliphatic rings. The number of hydrogen-bond acceptors (Lipinski definition) is 2. The standard InChI is InChI=1S/C8H12BrNO2/c1-5(11)10-6-2-3-8(12)7(9)4-6/h6-7H,2-4H2,1H3,(H,10,11)/t6-,7+/m0/s1. The monoisotopic (exact) mass is 233 g/mol. The predicted molar refractivity (Wildman–Crippen MR) is 49.2 cm³/mol. The van der Waals surface area contributed by atoms with Crippen molar-refractivity contribution in [3.05, 3.63) is 0 Å². The van der Waals surface area contributed by atoms with E-state index in [0.29, 0.717) is 6.42 Å². The van der Waals surface area contributed by atoms with Crippen LogP contribution in [0.3, 0.4) is 0 Å². The summed E-state index contributed by atoms with van der Waals surface area (Å²) in [7, 11) is 0. The Hall–Kier alpha value is -0.380. The summed E-state index contributed by atoms with van der Waals surface area (Å²) in [6.07, 6.45) is 2.07. The molecule has 0 aromatic rings. The largest absolute Gasteiger partial charge is 0.354 e. The molecule has 0 saturated heterocycles. The molecule has 4 heteroatoms. The van der Waals surface area contributed by atoms with Crippen LogP contribution in [-0.4, -0.2) is 22.6 Å². The molecule has 1 rings (SSSR count). The van der Waals surface area contributed by atoms with Gasteiger partial charge in [-0.2, -0.15) is 0 Å². The summed E-state index contributed by atoms with van der Waals surface area (Å²) in [5.41, 5.74) is 0. The molecule has 0 spiro atoms. The Morgan fingerprint density at radius 2 is 2.33 bits per heavy atom. The lowest BCUT2D eigenvalue weighted by molar-refractivity contribution is -0.123. The molecule has 2 atom stereocenters. The molecule has 1 saturated carbocycles. The number of amides is 1. The highest BCUT2D eigenvalue weighted by atomic mass is 79.9. The van der Waals surface area contributed by atoms with Crippen molar-refractivity contribution in [2.24, 2.45) is 0 Å². The fourth-order valence-electron chi connectivity index (χ4n) is 1.39. The SMILES string of the molecule is CC(=O)N[C@H]1CCC(=O)[C@H](Br)C1. The Morgan fingerprint density at radius 3 is 2.83 bits per heavy atom. The smallest absolute Gasteiger partial charge is 0.217 e. The Labute approximate surface area is 80.0 Å². The van der Waals surface area contributed by atoms with Gasteiger partial charge in [0, 0.05) is 19.4 Å². The zero-order chi connectivity index (χ0) is 9.14. The normalized spacial score (nSPS) is 30.0. The van der Waals surface area contributed by atoms with Crippen LogP contribution in [0.25, 0.3) is 0 Å². The number of carbonyl (C=O) groups excluding carboxylic acids is 2.